The van der Waals surface area contributed by atoms with Crippen LogP contribution in [0.1, 0.15) is 10.5 Å². The molecule has 0 N–H and O–H groups in total. The molecule has 54 valence electrons. The first-order chi connectivity index (χ1) is 4.70. The number of hydrogen-bond acceptors (Lipinski definition) is 2. The molecule has 0 aliphatic carbocycles. The van der Waals surface area contributed by atoms with Crippen LogP contribution in [0, 0.1) is 0 Å². The van der Waals surface area contributed by atoms with E-state index in [9.17, 15) is 0 Å². The van der Waals surface area contributed by atoms with Gasteiger partial charge in [-0.05, 0) is 12.1 Å². The van der Waals surface area contributed by atoms with Gasteiger partial charge in [-0.15, -0.1) is 5.10 Å². The van der Waals surface area contributed by atoms with Crippen LogP contribution in [0.4, 0.5) is 0 Å². The second-order valence-electron chi connectivity index (χ2n) is 1.58. The Morgan fingerprint density at radius 2 is 1.90 bits per heavy atom. The minimum atomic E-state index is -0.634. The monoisotopic (exact) mass is 196 g/mol. The van der Waals surface area contributed by atoms with Crippen LogP contribution in [-0.4, -0.2) is 10.2 Å². The Labute approximate surface area is 73.1 Å². The van der Waals surface area contributed by atoms with Crippen LogP contribution < -0.4 is 0 Å². The van der Waals surface area contributed by atoms with E-state index in [0.717, 1.165) is 0 Å². The molecule has 0 amide bonds. The first-order valence-electron chi connectivity index (χ1n) is 2.47. The minimum absolute atomic E-state index is 0.331. The van der Waals surface area contributed by atoms with Crippen molar-refractivity contribution in [1.82, 2.24) is 10.2 Å². The van der Waals surface area contributed by atoms with Crippen molar-refractivity contribution in [2.24, 2.45) is 0 Å². The fourth-order valence-electron chi connectivity index (χ4n) is 0.443. The highest BCUT2D eigenvalue weighted by atomic mass is 35.5. The van der Waals surface area contributed by atoms with Crippen LogP contribution in [0.5, 0.6) is 0 Å². The Hall–Kier alpha value is -0.0500. The maximum absolute atomic E-state index is 5.48. The molecule has 0 atom stereocenters. The van der Waals surface area contributed by atoms with Crippen LogP contribution in [0.2, 0.25) is 5.15 Å². The molecule has 1 heterocycles. The summed E-state index contributed by atoms with van der Waals surface area (Å²) in [6.07, 6.45) is 0. The lowest BCUT2D eigenvalue weighted by Crippen LogP contribution is -1.90. The Balaban J connectivity index is 2.89. The molecule has 0 radical (unpaired) electrons. The Kier molecular flexibility index (Phi) is 2.72. The first kappa shape index (κ1) is 8.05. The molecule has 0 saturated carbocycles. The van der Waals surface area contributed by atoms with Crippen LogP contribution in [-0.2, 0) is 0 Å². The van der Waals surface area contributed by atoms with Gasteiger partial charge in [-0.25, -0.2) is 0 Å². The molecule has 0 aromatic carbocycles. The van der Waals surface area contributed by atoms with Crippen molar-refractivity contribution in [3.63, 3.8) is 0 Å². The molecule has 5 heteroatoms. The third-order valence-electron chi connectivity index (χ3n) is 0.876. The van der Waals surface area contributed by atoms with Gasteiger partial charge in [0, 0.05) is 0 Å². The summed E-state index contributed by atoms with van der Waals surface area (Å²) in [5.74, 6) is 0. The third-order valence-corrected chi connectivity index (χ3v) is 1.52. The summed E-state index contributed by atoms with van der Waals surface area (Å²) in [6.45, 7) is 0. The van der Waals surface area contributed by atoms with Crippen LogP contribution >= 0.6 is 34.8 Å². The van der Waals surface area contributed by atoms with Gasteiger partial charge in [-0.2, -0.15) is 5.10 Å². The standard InChI is InChI=1S/C5H3Cl3N2/c6-4-2-1-3(5(7)8)9-10-4/h1-2,5H. The zero-order valence-electron chi connectivity index (χ0n) is 4.76. The Morgan fingerprint density at radius 3 is 2.30 bits per heavy atom. The molecule has 0 bridgehead atoms. The van der Waals surface area contributed by atoms with Crippen molar-refractivity contribution >= 4 is 34.8 Å². The zero-order chi connectivity index (χ0) is 7.56. The van der Waals surface area contributed by atoms with E-state index < -0.39 is 4.84 Å². The summed E-state index contributed by atoms with van der Waals surface area (Å²) in [5, 5.41) is 7.51. The van der Waals surface area contributed by atoms with Gasteiger partial charge in [0.1, 0.15) is 0 Å². The van der Waals surface area contributed by atoms with Crippen molar-refractivity contribution in [2.75, 3.05) is 0 Å². The predicted molar refractivity (Wildman–Crippen MR) is 41.5 cm³/mol. The summed E-state index contributed by atoms with van der Waals surface area (Å²) < 4.78 is 0. The van der Waals surface area contributed by atoms with Gasteiger partial charge in [0.25, 0.3) is 0 Å². The quantitative estimate of drug-likeness (QED) is 0.647. The highest BCUT2D eigenvalue weighted by Crippen LogP contribution is 2.21. The minimum Gasteiger partial charge on any atom is -0.151 e. The molecule has 10 heavy (non-hydrogen) atoms. The molecule has 1 aromatic rings. The molecular weight excluding hydrogens is 194 g/mol. The van der Waals surface area contributed by atoms with E-state index in [-0.39, 0.29) is 0 Å². The summed E-state index contributed by atoms with van der Waals surface area (Å²) in [5.41, 5.74) is 0.507. The summed E-state index contributed by atoms with van der Waals surface area (Å²) >= 11 is 16.4. The van der Waals surface area contributed by atoms with Crippen molar-refractivity contribution in [1.29, 1.82) is 0 Å². The van der Waals surface area contributed by atoms with Gasteiger partial charge in [0.15, 0.2) is 9.99 Å². The van der Waals surface area contributed by atoms with Gasteiger partial charge in [-0.1, -0.05) is 34.8 Å². The molecule has 0 aliphatic heterocycles. The second-order valence-corrected chi connectivity index (χ2v) is 3.07. The van der Waals surface area contributed by atoms with Crippen molar-refractivity contribution in [3.05, 3.63) is 23.0 Å². The molecule has 0 unspecified atom stereocenters. The summed E-state index contributed by atoms with van der Waals surface area (Å²) in [7, 11) is 0. The molecule has 0 fully saturated rings. The number of halogens is 3. The largest absolute Gasteiger partial charge is 0.151 e. The van der Waals surface area contributed by atoms with E-state index >= 15 is 0 Å². The van der Waals surface area contributed by atoms with Gasteiger partial charge >= 0.3 is 0 Å². The van der Waals surface area contributed by atoms with E-state index in [2.05, 4.69) is 10.2 Å². The topological polar surface area (TPSA) is 25.8 Å². The number of aromatic nitrogens is 2. The average molecular weight is 197 g/mol. The molecule has 0 aliphatic rings. The lowest BCUT2D eigenvalue weighted by Gasteiger charge is -1.96. The summed E-state index contributed by atoms with van der Waals surface area (Å²) in [4.78, 5) is -0.634. The molecule has 2 nitrogen and oxygen atoms in total. The Morgan fingerprint density at radius 1 is 1.20 bits per heavy atom. The third kappa shape index (κ3) is 1.97. The highest BCUT2D eigenvalue weighted by Gasteiger charge is 2.03. The Bertz CT molecular complexity index is 209. The normalized spacial score (nSPS) is 10.4. The zero-order valence-corrected chi connectivity index (χ0v) is 7.03. The number of rotatable bonds is 1. The maximum Gasteiger partial charge on any atom is 0.151 e. The van der Waals surface area contributed by atoms with E-state index in [0.29, 0.717) is 10.8 Å². The second kappa shape index (κ2) is 3.37. The molecule has 0 spiro atoms. The fourth-order valence-corrected chi connectivity index (χ4v) is 0.776. The van der Waals surface area contributed by atoms with Gasteiger partial charge in [0.2, 0.25) is 0 Å². The molecule has 1 rings (SSSR count). The average Bonchev–Trinajstić information content (AvgIpc) is 1.88. The van der Waals surface area contributed by atoms with E-state index in [1.165, 1.54) is 0 Å². The molecule has 1 aromatic heterocycles. The SMILES string of the molecule is Clc1ccc(C(Cl)Cl)nn1. The predicted octanol–water partition coefficient (Wildman–Crippen LogP) is 2.61. The summed E-state index contributed by atoms with van der Waals surface area (Å²) in [6, 6.07) is 3.21. The number of alkyl halides is 2. The van der Waals surface area contributed by atoms with E-state index in [1.807, 2.05) is 0 Å². The van der Waals surface area contributed by atoms with E-state index in [1.54, 1.807) is 12.1 Å². The first-order valence-corrected chi connectivity index (χ1v) is 3.72. The van der Waals surface area contributed by atoms with Crippen molar-refractivity contribution < 1.29 is 0 Å². The fraction of sp³-hybridized carbons (Fsp3) is 0.200. The van der Waals surface area contributed by atoms with Gasteiger partial charge in [0.05, 0.1) is 5.69 Å². The van der Waals surface area contributed by atoms with Crippen molar-refractivity contribution in [2.45, 2.75) is 4.84 Å². The highest BCUT2D eigenvalue weighted by molar-refractivity contribution is 6.43. The smallest absolute Gasteiger partial charge is 0.151 e. The number of nitrogens with zero attached hydrogens (tertiary/aromatic N) is 2. The van der Waals surface area contributed by atoms with Crippen LogP contribution in [0.25, 0.3) is 0 Å². The number of hydrogen-bond donors (Lipinski definition) is 0. The lowest BCUT2D eigenvalue weighted by molar-refractivity contribution is 0.960. The van der Waals surface area contributed by atoms with Crippen molar-refractivity contribution in [3.8, 4) is 0 Å². The maximum atomic E-state index is 5.48. The van der Waals surface area contributed by atoms with Gasteiger partial charge in [-0.3, -0.25) is 0 Å². The van der Waals surface area contributed by atoms with Gasteiger partial charge < -0.3 is 0 Å². The molecular formula is C5H3Cl3N2. The van der Waals surface area contributed by atoms with E-state index in [4.69, 9.17) is 34.8 Å². The lowest BCUT2D eigenvalue weighted by atomic mass is 10.4. The van der Waals surface area contributed by atoms with Crippen LogP contribution in [0.15, 0.2) is 12.1 Å². The molecule has 0 saturated heterocycles. The van der Waals surface area contributed by atoms with Crippen LogP contribution in [0.3, 0.4) is 0 Å².